The molecular formula is C16H19NO3. The molecule has 1 unspecified atom stereocenters. The maximum atomic E-state index is 10.3. The summed E-state index contributed by atoms with van der Waals surface area (Å²) in [6.07, 6.45) is 1.59. The molecular weight excluding hydrogens is 254 g/mol. The number of hydrogen-bond acceptors (Lipinski definition) is 4. The largest absolute Gasteiger partial charge is 0.493 e. The van der Waals surface area contributed by atoms with Gasteiger partial charge in [0.1, 0.15) is 0 Å². The first kappa shape index (κ1) is 14.3. The van der Waals surface area contributed by atoms with E-state index < -0.39 is 6.10 Å². The summed E-state index contributed by atoms with van der Waals surface area (Å²) in [6.45, 7) is 1.99. The molecule has 4 heteroatoms. The fourth-order valence-corrected chi connectivity index (χ4v) is 2.09. The summed E-state index contributed by atoms with van der Waals surface area (Å²) in [5.74, 6) is 1.26. The SMILES string of the molecule is COc1ccc(C(O)Cc2ncccc2C)cc1OC. The molecule has 0 aliphatic rings. The van der Waals surface area contributed by atoms with Gasteiger partial charge in [-0.15, -0.1) is 0 Å². The number of nitrogens with zero attached hydrogens (tertiary/aromatic N) is 1. The molecule has 0 spiro atoms. The third-order valence-electron chi connectivity index (χ3n) is 3.30. The van der Waals surface area contributed by atoms with Crippen LogP contribution in [0, 0.1) is 6.92 Å². The van der Waals surface area contributed by atoms with Crippen molar-refractivity contribution >= 4 is 0 Å². The molecule has 4 nitrogen and oxygen atoms in total. The molecule has 0 saturated heterocycles. The number of hydrogen-bond donors (Lipinski definition) is 1. The third-order valence-corrected chi connectivity index (χ3v) is 3.30. The molecule has 1 aromatic heterocycles. The van der Waals surface area contributed by atoms with Gasteiger partial charge in [0.15, 0.2) is 11.5 Å². The summed E-state index contributed by atoms with van der Waals surface area (Å²) in [5, 5.41) is 10.3. The van der Waals surface area contributed by atoms with E-state index in [4.69, 9.17) is 9.47 Å². The van der Waals surface area contributed by atoms with Crippen LogP contribution in [-0.2, 0) is 6.42 Å². The molecule has 2 rings (SSSR count). The Morgan fingerprint density at radius 2 is 1.90 bits per heavy atom. The molecule has 1 N–H and O–H groups in total. The Labute approximate surface area is 119 Å². The monoisotopic (exact) mass is 273 g/mol. The number of aliphatic hydroxyl groups is 1. The van der Waals surface area contributed by atoms with Crippen molar-refractivity contribution in [2.45, 2.75) is 19.4 Å². The first-order valence-electron chi connectivity index (χ1n) is 6.46. The van der Waals surface area contributed by atoms with Crippen LogP contribution in [0.4, 0.5) is 0 Å². The summed E-state index contributed by atoms with van der Waals surface area (Å²) in [7, 11) is 3.17. The van der Waals surface area contributed by atoms with E-state index in [1.807, 2.05) is 25.1 Å². The van der Waals surface area contributed by atoms with Gasteiger partial charge < -0.3 is 14.6 Å². The average molecular weight is 273 g/mol. The Morgan fingerprint density at radius 3 is 2.55 bits per heavy atom. The smallest absolute Gasteiger partial charge is 0.161 e. The average Bonchev–Trinajstić information content (AvgIpc) is 2.48. The molecule has 1 atom stereocenters. The van der Waals surface area contributed by atoms with Crippen molar-refractivity contribution in [3.8, 4) is 11.5 Å². The highest BCUT2D eigenvalue weighted by Gasteiger charge is 2.14. The van der Waals surface area contributed by atoms with Crippen LogP contribution in [-0.4, -0.2) is 24.3 Å². The van der Waals surface area contributed by atoms with Crippen LogP contribution in [0.1, 0.15) is 22.9 Å². The number of benzene rings is 1. The van der Waals surface area contributed by atoms with E-state index in [1.54, 1.807) is 32.5 Å². The van der Waals surface area contributed by atoms with Crippen molar-refractivity contribution in [2.24, 2.45) is 0 Å². The van der Waals surface area contributed by atoms with Gasteiger partial charge in [-0.2, -0.15) is 0 Å². The van der Waals surface area contributed by atoms with E-state index in [1.165, 1.54) is 0 Å². The first-order valence-corrected chi connectivity index (χ1v) is 6.46. The minimum Gasteiger partial charge on any atom is -0.493 e. The molecule has 0 bridgehead atoms. The normalized spacial score (nSPS) is 12.0. The predicted octanol–water partition coefficient (Wildman–Crippen LogP) is 2.68. The van der Waals surface area contributed by atoms with Crippen LogP contribution in [0.25, 0.3) is 0 Å². The minimum atomic E-state index is -0.622. The number of aryl methyl sites for hydroxylation is 1. The van der Waals surface area contributed by atoms with E-state index in [0.29, 0.717) is 17.9 Å². The zero-order chi connectivity index (χ0) is 14.5. The van der Waals surface area contributed by atoms with E-state index in [9.17, 15) is 5.11 Å². The van der Waals surface area contributed by atoms with Gasteiger partial charge in [-0.3, -0.25) is 4.98 Å². The van der Waals surface area contributed by atoms with E-state index >= 15 is 0 Å². The number of ether oxygens (including phenoxy) is 2. The maximum Gasteiger partial charge on any atom is 0.161 e. The molecule has 1 aromatic carbocycles. The first-order chi connectivity index (χ1) is 9.65. The highest BCUT2D eigenvalue weighted by Crippen LogP contribution is 2.31. The molecule has 0 amide bonds. The minimum absolute atomic E-state index is 0.474. The lowest BCUT2D eigenvalue weighted by molar-refractivity contribution is 0.176. The summed E-state index contributed by atoms with van der Waals surface area (Å²) in [6, 6.07) is 9.31. The fraction of sp³-hybridized carbons (Fsp3) is 0.312. The molecule has 0 aliphatic heterocycles. The molecule has 1 heterocycles. The molecule has 20 heavy (non-hydrogen) atoms. The number of methoxy groups -OCH3 is 2. The maximum absolute atomic E-state index is 10.3. The van der Waals surface area contributed by atoms with E-state index in [0.717, 1.165) is 16.8 Å². The second kappa shape index (κ2) is 6.39. The van der Waals surface area contributed by atoms with Crippen molar-refractivity contribution in [1.29, 1.82) is 0 Å². The number of pyridine rings is 1. The van der Waals surface area contributed by atoms with Crippen LogP contribution in [0.3, 0.4) is 0 Å². The van der Waals surface area contributed by atoms with Crippen molar-refractivity contribution in [1.82, 2.24) is 4.98 Å². The quantitative estimate of drug-likeness (QED) is 0.910. The Morgan fingerprint density at radius 1 is 1.15 bits per heavy atom. The Kier molecular flexibility index (Phi) is 4.58. The number of aromatic nitrogens is 1. The number of aliphatic hydroxyl groups excluding tert-OH is 1. The Hall–Kier alpha value is -2.07. The standard InChI is InChI=1S/C16H19NO3/c1-11-5-4-8-17-13(11)10-14(18)12-6-7-15(19-2)16(9-12)20-3/h4-9,14,18H,10H2,1-3H3. The Bertz CT molecular complexity index is 584. The van der Waals surface area contributed by atoms with Gasteiger partial charge in [-0.1, -0.05) is 12.1 Å². The third kappa shape index (κ3) is 3.08. The van der Waals surface area contributed by atoms with Gasteiger partial charge in [-0.25, -0.2) is 0 Å². The molecule has 0 aliphatic carbocycles. The Balaban J connectivity index is 2.21. The van der Waals surface area contributed by atoms with Crippen LogP contribution in [0.15, 0.2) is 36.5 Å². The molecule has 2 aromatic rings. The van der Waals surface area contributed by atoms with Gasteiger partial charge in [0, 0.05) is 18.3 Å². The summed E-state index contributed by atoms with van der Waals surface area (Å²) in [4.78, 5) is 4.30. The van der Waals surface area contributed by atoms with Crippen LogP contribution in [0.2, 0.25) is 0 Å². The lowest BCUT2D eigenvalue weighted by Gasteiger charge is -2.14. The number of rotatable bonds is 5. The summed E-state index contributed by atoms with van der Waals surface area (Å²) in [5.41, 5.74) is 2.76. The van der Waals surface area contributed by atoms with Gasteiger partial charge in [0.05, 0.1) is 20.3 Å². The lowest BCUT2D eigenvalue weighted by Crippen LogP contribution is -2.05. The second-order valence-electron chi connectivity index (χ2n) is 4.60. The van der Waals surface area contributed by atoms with Crippen molar-refractivity contribution in [3.63, 3.8) is 0 Å². The summed E-state index contributed by atoms with van der Waals surface area (Å²) < 4.78 is 10.4. The lowest BCUT2D eigenvalue weighted by atomic mass is 10.0. The van der Waals surface area contributed by atoms with Gasteiger partial charge >= 0.3 is 0 Å². The van der Waals surface area contributed by atoms with Crippen LogP contribution in [0.5, 0.6) is 11.5 Å². The van der Waals surface area contributed by atoms with Crippen LogP contribution >= 0.6 is 0 Å². The molecule has 0 saturated carbocycles. The highest BCUT2D eigenvalue weighted by atomic mass is 16.5. The fourth-order valence-electron chi connectivity index (χ4n) is 2.09. The van der Waals surface area contributed by atoms with Crippen molar-refractivity contribution in [2.75, 3.05) is 14.2 Å². The van der Waals surface area contributed by atoms with Crippen LogP contribution < -0.4 is 9.47 Å². The van der Waals surface area contributed by atoms with Crippen molar-refractivity contribution < 1.29 is 14.6 Å². The molecule has 0 radical (unpaired) electrons. The van der Waals surface area contributed by atoms with E-state index in [2.05, 4.69) is 4.98 Å². The zero-order valence-electron chi connectivity index (χ0n) is 12.0. The zero-order valence-corrected chi connectivity index (χ0v) is 12.0. The second-order valence-corrected chi connectivity index (χ2v) is 4.60. The highest BCUT2D eigenvalue weighted by molar-refractivity contribution is 5.43. The van der Waals surface area contributed by atoms with Gasteiger partial charge in [-0.05, 0) is 36.2 Å². The van der Waals surface area contributed by atoms with Gasteiger partial charge in [0.2, 0.25) is 0 Å². The summed E-state index contributed by atoms with van der Waals surface area (Å²) >= 11 is 0. The molecule has 106 valence electrons. The topological polar surface area (TPSA) is 51.6 Å². The van der Waals surface area contributed by atoms with Crippen molar-refractivity contribution in [3.05, 3.63) is 53.3 Å². The predicted molar refractivity (Wildman–Crippen MR) is 77.2 cm³/mol. The van der Waals surface area contributed by atoms with Gasteiger partial charge in [0.25, 0.3) is 0 Å². The van der Waals surface area contributed by atoms with E-state index in [-0.39, 0.29) is 0 Å². The molecule has 0 fully saturated rings.